The molecule has 3 rings (SSSR count). The number of carbonyl (C=O) groups is 2. The van der Waals surface area contributed by atoms with Crippen molar-refractivity contribution < 1.29 is 24.5 Å². The smallest absolute Gasteiger partial charge is 0.295 e. The quantitative estimate of drug-likeness (QED) is 0.354. The van der Waals surface area contributed by atoms with E-state index in [9.17, 15) is 19.8 Å². The minimum atomic E-state index is -0.881. The molecule has 0 bridgehead atoms. The fourth-order valence-electron chi connectivity index (χ4n) is 3.68. The first-order valence-corrected chi connectivity index (χ1v) is 10.7. The Labute approximate surface area is 196 Å². The van der Waals surface area contributed by atoms with E-state index in [-0.39, 0.29) is 21.9 Å². The van der Waals surface area contributed by atoms with E-state index in [4.69, 9.17) is 27.9 Å². The summed E-state index contributed by atoms with van der Waals surface area (Å²) in [7, 11) is 5.27. The van der Waals surface area contributed by atoms with Crippen molar-refractivity contribution in [2.75, 3.05) is 34.3 Å². The standard InChI is InChI=1S/C23H24Cl2N2O5/c1-26(2)9-4-10-27-20(13-5-8-16(24)17(25)11-13)19(22(30)23(27)31)21(29)15-7-6-14(32-3)12-18(15)28/h5-8,11-12,20,28-29H,4,9-10H2,1-3H3/t20-/m1/s1. The van der Waals surface area contributed by atoms with Crippen LogP contribution in [0.1, 0.15) is 23.6 Å². The molecule has 0 aliphatic carbocycles. The van der Waals surface area contributed by atoms with Crippen molar-refractivity contribution in [2.24, 2.45) is 0 Å². The zero-order chi connectivity index (χ0) is 23.6. The molecule has 1 atom stereocenters. The van der Waals surface area contributed by atoms with Gasteiger partial charge >= 0.3 is 0 Å². The number of carbonyl (C=O) groups excluding carboxylic acids is 2. The predicted molar refractivity (Wildman–Crippen MR) is 123 cm³/mol. The topological polar surface area (TPSA) is 90.3 Å². The molecule has 7 nitrogen and oxygen atoms in total. The number of halogens is 2. The summed E-state index contributed by atoms with van der Waals surface area (Å²) < 4.78 is 5.07. The second kappa shape index (κ2) is 9.81. The normalized spacial score (nSPS) is 17.9. The second-order valence-corrected chi connectivity index (χ2v) is 8.52. The molecule has 32 heavy (non-hydrogen) atoms. The Morgan fingerprint density at radius 3 is 2.44 bits per heavy atom. The number of aliphatic hydroxyl groups excluding tert-OH is 1. The van der Waals surface area contributed by atoms with Gasteiger partial charge in [-0.15, -0.1) is 0 Å². The number of amides is 1. The number of ketones is 1. The first kappa shape index (κ1) is 23.9. The molecule has 1 amide bonds. The number of ether oxygens (including phenoxy) is 1. The van der Waals surface area contributed by atoms with Gasteiger partial charge in [0.1, 0.15) is 17.3 Å². The lowest BCUT2D eigenvalue weighted by molar-refractivity contribution is -0.139. The lowest BCUT2D eigenvalue weighted by atomic mass is 9.95. The summed E-state index contributed by atoms with van der Waals surface area (Å²) in [5.74, 6) is -1.94. The number of methoxy groups -OCH3 is 1. The van der Waals surface area contributed by atoms with Crippen LogP contribution >= 0.6 is 23.2 Å². The minimum absolute atomic E-state index is 0.0159. The Bertz CT molecular complexity index is 1080. The average Bonchev–Trinajstić information content (AvgIpc) is 3.00. The highest BCUT2D eigenvalue weighted by atomic mass is 35.5. The van der Waals surface area contributed by atoms with E-state index < -0.39 is 23.5 Å². The van der Waals surface area contributed by atoms with Crippen LogP contribution in [0.3, 0.4) is 0 Å². The van der Waals surface area contributed by atoms with Gasteiger partial charge in [0.25, 0.3) is 11.7 Å². The first-order chi connectivity index (χ1) is 15.1. The molecule has 1 saturated heterocycles. The number of hydrogen-bond donors (Lipinski definition) is 2. The van der Waals surface area contributed by atoms with Crippen LogP contribution in [0.5, 0.6) is 11.5 Å². The van der Waals surface area contributed by atoms with Gasteiger partial charge in [-0.2, -0.15) is 0 Å². The molecule has 1 aliphatic heterocycles. The van der Waals surface area contributed by atoms with E-state index >= 15 is 0 Å². The van der Waals surface area contributed by atoms with E-state index in [1.165, 1.54) is 30.2 Å². The molecule has 9 heteroatoms. The molecule has 170 valence electrons. The van der Waals surface area contributed by atoms with Crippen LogP contribution in [0.25, 0.3) is 5.76 Å². The second-order valence-electron chi connectivity index (χ2n) is 7.71. The van der Waals surface area contributed by atoms with E-state index in [2.05, 4.69) is 0 Å². The number of hydrogen-bond acceptors (Lipinski definition) is 6. The van der Waals surface area contributed by atoms with Crippen LogP contribution in [0.2, 0.25) is 10.0 Å². The highest BCUT2D eigenvalue weighted by molar-refractivity contribution is 6.47. The van der Waals surface area contributed by atoms with Gasteiger partial charge in [0, 0.05) is 12.6 Å². The summed E-state index contributed by atoms with van der Waals surface area (Å²) in [6.45, 7) is 0.995. The van der Waals surface area contributed by atoms with Crippen molar-refractivity contribution >= 4 is 40.7 Å². The van der Waals surface area contributed by atoms with Crippen LogP contribution in [0.15, 0.2) is 42.0 Å². The Hall–Kier alpha value is -2.74. The van der Waals surface area contributed by atoms with Gasteiger partial charge in [-0.1, -0.05) is 29.3 Å². The van der Waals surface area contributed by atoms with Crippen LogP contribution in [-0.4, -0.2) is 66.0 Å². The lowest BCUT2D eigenvalue weighted by Crippen LogP contribution is -2.32. The Balaban J connectivity index is 2.15. The highest BCUT2D eigenvalue weighted by Crippen LogP contribution is 2.42. The monoisotopic (exact) mass is 478 g/mol. The maximum absolute atomic E-state index is 13.0. The van der Waals surface area contributed by atoms with Gasteiger partial charge < -0.3 is 24.7 Å². The number of Topliss-reactive ketones (excluding diaryl/α,β-unsaturated/α-hetero) is 1. The van der Waals surface area contributed by atoms with Gasteiger partial charge in [-0.25, -0.2) is 0 Å². The van der Waals surface area contributed by atoms with E-state index in [1.54, 1.807) is 18.2 Å². The first-order valence-electron chi connectivity index (χ1n) is 9.91. The van der Waals surface area contributed by atoms with Crippen molar-refractivity contribution in [1.82, 2.24) is 9.80 Å². The van der Waals surface area contributed by atoms with Crippen molar-refractivity contribution in [3.8, 4) is 11.5 Å². The molecule has 2 aromatic rings. The average molecular weight is 479 g/mol. The molecule has 0 spiro atoms. The summed E-state index contributed by atoms with van der Waals surface area (Å²) in [5, 5.41) is 22.0. The molecular weight excluding hydrogens is 455 g/mol. The van der Waals surface area contributed by atoms with Crippen molar-refractivity contribution in [2.45, 2.75) is 12.5 Å². The molecular formula is C23H24Cl2N2O5. The van der Waals surface area contributed by atoms with Crippen LogP contribution in [-0.2, 0) is 9.59 Å². The van der Waals surface area contributed by atoms with Crippen LogP contribution in [0.4, 0.5) is 0 Å². The third kappa shape index (κ3) is 4.70. The fourth-order valence-corrected chi connectivity index (χ4v) is 3.99. The van der Waals surface area contributed by atoms with Gasteiger partial charge in [-0.3, -0.25) is 9.59 Å². The van der Waals surface area contributed by atoms with Crippen LogP contribution in [0, 0.1) is 0 Å². The molecule has 0 aromatic heterocycles. The number of nitrogens with zero attached hydrogens (tertiary/aromatic N) is 2. The Morgan fingerprint density at radius 1 is 1.12 bits per heavy atom. The maximum atomic E-state index is 13.0. The summed E-state index contributed by atoms with van der Waals surface area (Å²) in [4.78, 5) is 29.3. The van der Waals surface area contributed by atoms with E-state index in [0.717, 1.165) is 0 Å². The SMILES string of the molecule is COc1ccc(C(O)=C2C(=O)C(=O)N(CCCN(C)C)[C@@H]2c2ccc(Cl)c(Cl)c2)c(O)c1. The molecule has 1 aliphatic rings. The molecule has 0 unspecified atom stereocenters. The number of likely N-dealkylation sites (tertiary alicyclic amines) is 1. The third-order valence-electron chi connectivity index (χ3n) is 5.26. The van der Waals surface area contributed by atoms with Crippen molar-refractivity contribution in [3.05, 3.63) is 63.1 Å². The van der Waals surface area contributed by atoms with Crippen molar-refractivity contribution in [3.63, 3.8) is 0 Å². The summed E-state index contributed by atoms with van der Waals surface area (Å²) >= 11 is 12.3. The number of aliphatic hydroxyl groups is 1. The zero-order valence-electron chi connectivity index (χ0n) is 17.9. The van der Waals surface area contributed by atoms with E-state index in [0.29, 0.717) is 35.8 Å². The molecule has 1 fully saturated rings. The zero-order valence-corrected chi connectivity index (χ0v) is 19.4. The summed E-state index contributed by atoms with van der Waals surface area (Å²) in [6, 6.07) is 8.20. The number of aromatic hydroxyl groups is 1. The number of rotatable bonds is 7. The van der Waals surface area contributed by atoms with E-state index in [1.807, 2.05) is 19.0 Å². The Morgan fingerprint density at radius 2 is 1.84 bits per heavy atom. The predicted octanol–water partition coefficient (Wildman–Crippen LogP) is 4.08. The van der Waals surface area contributed by atoms with Crippen LogP contribution < -0.4 is 4.74 Å². The fraction of sp³-hybridized carbons (Fsp3) is 0.304. The number of phenolic OH excluding ortho intramolecular Hbond substituents is 1. The minimum Gasteiger partial charge on any atom is -0.507 e. The van der Waals surface area contributed by atoms with Crippen molar-refractivity contribution in [1.29, 1.82) is 0 Å². The largest absolute Gasteiger partial charge is 0.507 e. The molecule has 1 heterocycles. The summed E-state index contributed by atoms with van der Waals surface area (Å²) in [6.07, 6.45) is 0.617. The highest BCUT2D eigenvalue weighted by Gasteiger charge is 2.46. The number of benzene rings is 2. The molecule has 2 N–H and O–H groups in total. The molecule has 0 radical (unpaired) electrons. The maximum Gasteiger partial charge on any atom is 0.295 e. The van der Waals surface area contributed by atoms with Gasteiger partial charge in [0.2, 0.25) is 0 Å². The molecule has 0 saturated carbocycles. The van der Waals surface area contributed by atoms with Gasteiger partial charge in [0.15, 0.2) is 0 Å². The summed E-state index contributed by atoms with van der Waals surface area (Å²) in [5.41, 5.74) is 0.416. The molecule has 2 aromatic carbocycles. The number of phenols is 1. The van der Waals surface area contributed by atoms with Gasteiger partial charge in [0.05, 0.1) is 34.3 Å². The van der Waals surface area contributed by atoms with Gasteiger partial charge in [-0.05, 0) is 56.9 Å². The lowest BCUT2D eigenvalue weighted by Gasteiger charge is -2.26. The Kier molecular flexibility index (Phi) is 7.33. The third-order valence-corrected chi connectivity index (χ3v) is 6.00.